The molecule has 0 aliphatic carbocycles. The van der Waals surface area contributed by atoms with Crippen LogP contribution in [0, 0.1) is 25.2 Å². The number of nitrogens with zero attached hydrogens (tertiary/aromatic N) is 1. The first-order chi connectivity index (χ1) is 8.44. The molecule has 0 aliphatic rings. The van der Waals surface area contributed by atoms with Gasteiger partial charge in [0.2, 0.25) is 0 Å². The third-order valence-corrected chi connectivity index (χ3v) is 4.20. The van der Waals surface area contributed by atoms with Crippen molar-refractivity contribution >= 4 is 11.8 Å². The fourth-order valence-electron chi connectivity index (χ4n) is 1.79. The Bertz CT molecular complexity index is 433. The maximum atomic E-state index is 8.81. The van der Waals surface area contributed by atoms with Gasteiger partial charge in [-0.15, -0.1) is 11.8 Å². The molecule has 0 heterocycles. The molecule has 0 bridgehead atoms. The number of benzene rings is 1. The van der Waals surface area contributed by atoms with E-state index in [1.807, 2.05) is 11.8 Å². The third kappa shape index (κ3) is 5.12. The highest BCUT2D eigenvalue weighted by Crippen LogP contribution is 2.24. The molecular formula is C15H22N2S. The van der Waals surface area contributed by atoms with Crippen LogP contribution < -0.4 is 5.73 Å². The fraction of sp³-hybridized carbons (Fsp3) is 0.533. The Morgan fingerprint density at radius 1 is 1.33 bits per heavy atom. The van der Waals surface area contributed by atoms with E-state index in [2.05, 4.69) is 38.1 Å². The topological polar surface area (TPSA) is 49.8 Å². The van der Waals surface area contributed by atoms with E-state index in [0.29, 0.717) is 0 Å². The predicted molar refractivity (Wildman–Crippen MR) is 78.7 cm³/mol. The molecule has 0 aliphatic heterocycles. The van der Waals surface area contributed by atoms with Crippen LogP contribution in [0.3, 0.4) is 0 Å². The van der Waals surface area contributed by atoms with E-state index in [4.69, 9.17) is 11.0 Å². The van der Waals surface area contributed by atoms with Crippen LogP contribution in [-0.4, -0.2) is 11.3 Å². The summed E-state index contributed by atoms with van der Waals surface area (Å²) in [6, 6.07) is 8.70. The molecule has 0 amide bonds. The number of rotatable bonds is 6. The molecule has 1 aromatic rings. The zero-order chi connectivity index (χ0) is 13.6. The average Bonchev–Trinajstić information content (AvgIpc) is 2.31. The Kier molecular flexibility index (Phi) is 5.71. The van der Waals surface area contributed by atoms with Gasteiger partial charge in [-0.25, -0.2) is 0 Å². The van der Waals surface area contributed by atoms with E-state index in [9.17, 15) is 0 Å². The van der Waals surface area contributed by atoms with E-state index in [-0.39, 0.29) is 0 Å². The Hall–Kier alpha value is -0.980. The molecule has 2 nitrogen and oxygen atoms in total. The van der Waals surface area contributed by atoms with Gasteiger partial charge in [0, 0.05) is 4.90 Å². The summed E-state index contributed by atoms with van der Waals surface area (Å²) in [6.45, 7) is 6.07. The highest BCUT2D eigenvalue weighted by atomic mass is 32.2. The smallest absolute Gasteiger partial charge is 0.101 e. The van der Waals surface area contributed by atoms with Gasteiger partial charge in [-0.1, -0.05) is 17.7 Å². The third-order valence-electron chi connectivity index (χ3n) is 2.93. The van der Waals surface area contributed by atoms with E-state index in [0.717, 1.165) is 25.0 Å². The molecule has 0 saturated heterocycles. The summed E-state index contributed by atoms with van der Waals surface area (Å²) in [5.74, 6) is 1.09. The van der Waals surface area contributed by atoms with Crippen molar-refractivity contribution in [2.24, 2.45) is 5.73 Å². The maximum Gasteiger partial charge on any atom is 0.101 e. The molecule has 1 unspecified atom stereocenters. The molecular weight excluding hydrogens is 240 g/mol. The van der Waals surface area contributed by atoms with Crippen molar-refractivity contribution in [2.45, 2.75) is 50.5 Å². The minimum Gasteiger partial charge on any atom is -0.314 e. The number of thioether (sulfide) groups is 1. The van der Waals surface area contributed by atoms with E-state index in [1.165, 1.54) is 16.0 Å². The molecule has 98 valence electrons. The summed E-state index contributed by atoms with van der Waals surface area (Å²) < 4.78 is 0. The first kappa shape index (κ1) is 15.1. The van der Waals surface area contributed by atoms with Gasteiger partial charge in [-0.05, 0) is 57.4 Å². The monoisotopic (exact) mass is 262 g/mol. The van der Waals surface area contributed by atoms with Crippen LogP contribution in [0.1, 0.15) is 37.3 Å². The summed E-state index contributed by atoms with van der Waals surface area (Å²) >= 11 is 1.89. The van der Waals surface area contributed by atoms with Gasteiger partial charge in [-0.2, -0.15) is 5.26 Å². The molecule has 18 heavy (non-hydrogen) atoms. The second-order valence-corrected chi connectivity index (χ2v) is 6.24. The van der Waals surface area contributed by atoms with Gasteiger partial charge < -0.3 is 5.73 Å². The highest BCUT2D eigenvalue weighted by molar-refractivity contribution is 7.99. The summed E-state index contributed by atoms with van der Waals surface area (Å²) in [5, 5.41) is 8.81. The predicted octanol–water partition coefficient (Wildman–Crippen LogP) is 3.81. The molecule has 0 fully saturated rings. The lowest BCUT2D eigenvalue weighted by atomic mass is 9.99. The Morgan fingerprint density at radius 2 is 2.06 bits per heavy atom. The van der Waals surface area contributed by atoms with Gasteiger partial charge in [0.15, 0.2) is 0 Å². The van der Waals surface area contributed by atoms with Crippen LogP contribution >= 0.6 is 11.8 Å². The highest BCUT2D eigenvalue weighted by Gasteiger charge is 2.15. The Labute approximate surface area is 115 Å². The largest absolute Gasteiger partial charge is 0.314 e. The average molecular weight is 262 g/mol. The van der Waals surface area contributed by atoms with Crippen LogP contribution in [-0.2, 0) is 0 Å². The van der Waals surface area contributed by atoms with Crippen molar-refractivity contribution in [3.05, 3.63) is 29.3 Å². The number of unbranched alkanes of at least 4 members (excludes halogenated alkanes) is 1. The first-order valence-corrected chi connectivity index (χ1v) is 7.33. The number of hydrogen-bond acceptors (Lipinski definition) is 3. The van der Waals surface area contributed by atoms with E-state index >= 15 is 0 Å². The second-order valence-electron chi connectivity index (χ2n) is 5.10. The maximum absolute atomic E-state index is 8.81. The second kappa shape index (κ2) is 6.82. The zero-order valence-corrected chi connectivity index (χ0v) is 12.3. The van der Waals surface area contributed by atoms with Gasteiger partial charge in [0.05, 0.1) is 6.07 Å². The van der Waals surface area contributed by atoms with Crippen molar-refractivity contribution in [3.63, 3.8) is 0 Å². The van der Waals surface area contributed by atoms with Crippen LogP contribution in [0.4, 0.5) is 0 Å². The van der Waals surface area contributed by atoms with Gasteiger partial charge in [-0.3, -0.25) is 0 Å². The standard InChI is InChI=1S/C15H22N2S/c1-12-6-7-14(13(2)10-12)18-9-5-4-8-15(3,17)11-16/h6-7,10H,4-5,8-9,17H2,1-3H3. The van der Waals surface area contributed by atoms with Gasteiger partial charge in [0.1, 0.15) is 5.54 Å². The molecule has 3 heteroatoms. The molecule has 1 rings (SSSR count). The molecule has 1 atom stereocenters. The lowest BCUT2D eigenvalue weighted by Crippen LogP contribution is -2.33. The summed E-state index contributed by atoms with van der Waals surface area (Å²) in [4.78, 5) is 1.36. The van der Waals surface area contributed by atoms with Crippen molar-refractivity contribution in [3.8, 4) is 6.07 Å². The first-order valence-electron chi connectivity index (χ1n) is 6.35. The Balaban J connectivity index is 2.29. The van der Waals surface area contributed by atoms with Crippen molar-refractivity contribution < 1.29 is 0 Å². The zero-order valence-electron chi connectivity index (χ0n) is 11.5. The normalized spacial score (nSPS) is 13.9. The minimum atomic E-state index is -0.662. The van der Waals surface area contributed by atoms with Crippen molar-refractivity contribution in [1.29, 1.82) is 5.26 Å². The summed E-state index contributed by atoms with van der Waals surface area (Å²) in [6.07, 6.45) is 2.89. The minimum absolute atomic E-state index is 0.662. The van der Waals surface area contributed by atoms with Gasteiger partial charge in [0.25, 0.3) is 0 Å². The SMILES string of the molecule is Cc1ccc(SCCCCC(C)(N)C#N)c(C)c1. The number of nitrogens with two attached hydrogens (primary N) is 1. The van der Waals surface area contributed by atoms with Crippen molar-refractivity contribution in [1.82, 2.24) is 0 Å². The Morgan fingerprint density at radius 3 is 2.67 bits per heavy atom. The molecule has 2 N–H and O–H groups in total. The number of hydrogen-bond donors (Lipinski definition) is 1. The van der Waals surface area contributed by atoms with Crippen molar-refractivity contribution in [2.75, 3.05) is 5.75 Å². The van der Waals surface area contributed by atoms with Crippen LogP contribution in [0.25, 0.3) is 0 Å². The van der Waals surface area contributed by atoms with E-state index < -0.39 is 5.54 Å². The van der Waals surface area contributed by atoms with Crippen LogP contribution in [0.15, 0.2) is 23.1 Å². The molecule has 0 spiro atoms. The quantitative estimate of drug-likeness (QED) is 0.626. The fourth-order valence-corrected chi connectivity index (χ4v) is 2.81. The van der Waals surface area contributed by atoms with E-state index in [1.54, 1.807) is 6.92 Å². The number of nitriles is 1. The molecule has 0 saturated carbocycles. The summed E-state index contributed by atoms with van der Waals surface area (Å²) in [5.41, 5.74) is 7.78. The number of aryl methyl sites for hydroxylation is 2. The van der Waals surface area contributed by atoms with Crippen LogP contribution in [0.2, 0.25) is 0 Å². The molecule has 0 aromatic heterocycles. The lowest BCUT2D eigenvalue weighted by molar-refractivity contribution is 0.519. The summed E-state index contributed by atoms with van der Waals surface area (Å²) in [7, 11) is 0. The van der Waals surface area contributed by atoms with Gasteiger partial charge >= 0.3 is 0 Å². The molecule has 1 aromatic carbocycles. The molecule has 0 radical (unpaired) electrons. The lowest BCUT2D eigenvalue weighted by Gasteiger charge is -2.14. The van der Waals surface area contributed by atoms with Crippen LogP contribution in [0.5, 0.6) is 0 Å².